The van der Waals surface area contributed by atoms with Gasteiger partial charge in [-0.2, -0.15) is 5.10 Å². The average molecular weight is 317 g/mol. The first-order valence-electron chi connectivity index (χ1n) is 8.48. The number of nitrogens with zero attached hydrogens (tertiary/aromatic N) is 2. The zero-order valence-electron chi connectivity index (χ0n) is 13.4. The number of carbonyl (C=O) groups is 2. The van der Waals surface area contributed by atoms with Crippen LogP contribution in [0.15, 0.2) is 12.3 Å². The lowest BCUT2D eigenvalue weighted by Gasteiger charge is -2.55. The highest BCUT2D eigenvalue weighted by atomic mass is 16.4. The number of nitrogens with one attached hydrogen (secondary N) is 1. The van der Waals surface area contributed by atoms with Crippen molar-refractivity contribution >= 4 is 11.9 Å². The standard InChI is InChI=1S/C17H23N3O3/c1-20-13(2-3-18-20)14(15(21)22)19-16(23)17-7-10-4-11(8-17)6-12(5-10)9-17/h2-3,10-12,14H,4-9H2,1H3,(H,19,23)(H,21,22). The Bertz CT molecular complexity index is 616. The van der Waals surface area contributed by atoms with Crippen molar-refractivity contribution in [1.82, 2.24) is 15.1 Å². The van der Waals surface area contributed by atoms with Crippen LogP contribution in [0.1, 0.15) is 50.3 Å². The molecule has 124 valence electrons. The molecule has 4 aliphatic rings. The van der Waals surface area contributed by atoms with Crippen LogP contribution in [0, 0.1) is 23.2 Å². The Morgan fingerprint density at radius 3 is 2.26 bits per heavy atom. The first kappa shape index (κ1) is 14.7. The van der Waals surface area contributed by atoms with Crippen molar-refractivity contribution < 1.29 is 14.7 Å². The van der Waals surface area contributed by atoms with E-state index in [1.165, 1.54) is 23.9 Å². The maximum Gasteiger partial charge on any atom is 0.332 e. The van der Waals surface area contributed by atoms with Crippen LogP contribution in [0.5, 0.6) is 0 Å². The van der Waals surface area contributed by atoms with E-state index in [1.54, 1.807) is 19.3 Å². The second kappa shape index (κ2) is 5.08. The molecule has 1 heterocycles. The zero-order valence-corrected chi connectivity index (χ0v) is 13.4. The Hall–Kier alpha value is -1.85. The van der Waals surface area contributed by atoms with Gasteiger partial charge >= 0.3 is 5.97 Å². The summed E-state index contributed by atoms with van der Waals surface area (Å²) in [6.45, 7) is 0. The number of hydrogen-bond acceptors (Lipinski definition) is 3. The number of aryl methyl sites for hydroxylation is 1. The zero-order chi connectivity index (χ0) is 16.2. The fourth-order valence-electron chi connectivity index (χ4n) is 5.60. The molecule has 4 aliphatic carbocycles. The van der Waals surface area contributed by atoms with Crippen molar-refractivity contribution in [2.75, 3.05) is 0 Å². The number of aliphatic carboxylic acids is 1. The molecule has 2 N–H and O–H groups in total. The minimum atomic E-state index is -1.04. The number of hydrogen-bond donors (Lipinski definition) is 2. The molecule has 0 aromatic carbocycles. The van der Waals surface area contributed by atoms with Gasteiger partial charge in [-0.05, 0) is 62.3 Å². The summed E-state index contributed by atoms with van der Waals surface area (Å²) in [6.07, 6.45) is 8.14. The third-order valence-corrected chi connectivity index (χ3v) is 6.20. The van der Waals surface area contributed by atoms with E-state index in [2.05, 4.69) is 10.4 Å². The molecule has 0 saturated heterocycles. The molecular formula is C17H23N3O3. The minimum Gasteiger partial charge on any atom is -0.479 e. The van der Waals surface area contributed by atoms with Crippen LogP contribution in [0.3, 0.4) is 0 Å². The van der Waals surface area contributed by atoms with Crippen LogP contribution in [-0.2, 0) is 16.6 Å². The summed E-state index contributed by atoms with van der Waals surface area (Å²) in [5.74, 6) is 0.878. The van der Waals surface area contributed by atoms with Crippen LogP contribution < -0.4 is 5.32 Å². The molecule has 5 rings (SSSR count). The van der Waals surface area contributed by atoms with Crippen LogP contribution in [0.2, 0.25) is 0 Å². The minimum absolute atomic E-state index is 0.0646. The van der Waals surface area contributed by atoms with E-state index in [0.717, 1.165) is 19.3 Å². The van der Waals surface area contributed by atoms with Gasteiger partial charge < -0.3 is 10.4 Å². The van der Waals surface area contributed by atoms with Gasteiger partial charge in [0.25, 0.3) is 0 Å². The molecule has 0 radical (unpaired) electrons. The molecule has 6 nitrogen and oxygen atoms in total. The fourth-order valence-corrected chi connectivity index (χ4v) is 5.60. The van der Waals surface area contributed by atoms with E-state index < -0.39 is 12.0 Å². The van der Waals surface area contributed by atoms with Gasteiger partial charge in [-0.15, -0.1) is 0 Å². The van der Waals surface area contributed by atoms with E-state index in [0.29, 0.717) is 23.4 Å². The highest BCUT2D eigenvalue weighted by molar-refractivity contribution is 5.88. The molecular weight excluding hydrogens is 294 g/mol. The number of carboxylic acids is 1. The molecule has 6 heteroatoms. The summed E-state index contributed by atoms with van der Waals surface area (Å²) >= 11 is 0. The second-order valence-corrected chi connectivity index (χ2v) is 7.82. The monoisotopic (exact) mass is 317 g/mol. The molecule has 0 aliphatic heterocycles. The fraction of sp³-hybridized carbons (Fsp3) is 0.706. The van der Waals surface area contributed by atoms with Gasteiger partial charge in [0.15, 0.2) is 6.04 Å². The third kappa shape index (κ3) is 2.35. The topological polar surface area (TPSA) is 84.2 Å². The van der Waals surface area contributed by atoms with Crippen molar-refractivity contribution in [3.63, 3.8) is 0 Å². The number of carboxylic acid groups (broad SMARTS) is 1. The van der Waals surface area contributed by atoms with E-state index in [9.17, 15) is 14.7 Å². The summed E-state index contributed by atoms with van der Waals surface area (Å²) in [5, 5.41) is 16.4. The highest BCUT2D eigenvalue weighted by Crippen LogP contribution is 2.60. The molecule has 1 aromatic heterocycles. The molecule has 1 atom stereocenters. The Morgan fingerprint density at radius 2 is 1.83 bits per heavy atom. The number of rotatable bonds is 4. The largest absolute Gasteiger partial charge is 0.479 e. The smallest absolute Gasteiger partial charge is 0.332 e. The van der Waals surface area contributed by atoms with Crippen LogP contribution in [0.25, 0.3) is 0 Å². The maximum absolute atomic E-state index is 13.0. The number of aromatic nitrogens is 2. The number of amides is 1. The van der Waals surface area contributed by atoms with Gasteiger partial charge in [-0.1, -0.05) is 0 Å². The Balaban J connectivity index is 1.57. The van der Waals surface area contributed by atoms with Crippen molar-refractivity contribution in [3.8, 4) is 0 Å². The number of carbonyl (C=O) groups excluding carboxylic acids is 1. The summed E-state index contributed by atoms with van der Waals surface area (Å²) in [6, 6.07) is 0.627. The lowest BCUT2D eigenvalue weighted by Crippen LogP contribution is -2.54. The van der Waals surface area contributed by atoms with Gasteiger partial charge in [-0.3, -0.25) is 9.48 Å². The summed E-state index contributed by atoms with van der Waals surface area (Å²) < 4.78 is 1.51. The Labute approximate surface area is 135 Å². The third-order valence-electron chi connectivity index (χ3n) is 6.20. The van der Waals surface area contributed by atoms with Crippen molar-refractivity contribution in [3.05, 3.63) is 18.0 Å². The predicted molar refractivity (Wildman–Crippen MR) is 82.3 cm³/mol. The lowest BCUT2D eigenvalue weighted by molar-refractivity contribution is -0.151. The molecule has 1 amide bonds. The van der Waals surface area contributed by atoms with Crippen LogP contribution >= 0.6 is 0 Å². The average Bonchev–Trinajstić information content (AvgIpc) is 2.88. The summed E-state index contributed by atoms with van der Waals surface area (Å²) in [4.78, 5) is 24.7. The lowest BCUT2D eigenvalue weighted by atomic mass is 9.49. The van der Waals surface area contributed by atoms with Gasteiger partial charge in [0.1, 0.15) is 0 Å². The molecule has 4 bridgehead atoms. The van der Waals surface area contributed by atoms with E-state index in [4.69, 9.17) is 0 Å². The molecule has 23 heavy (non-hydrogen) atoms. The van der Waals surface area contributed by atoms with E-state index in [-0.39, 0.29) is 11.3 Å². The van der Waals surface area contributed by atoms with Crippen LogP contribution in [0.4, 0.5) is 0 Å². The van der Waals surface area contributed by atoms with Crippen molar-refractivity contribution in [2.45, 2.75) is 44.6 Å². The molecule has 0 spiro atoms. The van der Waals surface area contributed by atoms with Gasteiger partial charge in [-0.25, -0.2) is 4.79 Å². The maximum atomic E-state index is 13.0. The van der Waals surface area contributed by atoms with E-state index >= 15 is 0 Å². The molecule has 1 aromatic rings. The summed E-state index contributed by atoms with van der Waals surface area (Å²) in [5.41, 5.74) is 0.177. The van der Waals surface area contributed by atoms with Gasteiger partial charge in [0, 0.05) is 18.7 Å². The van der Waals surface area contributed by atoms with E-state index in [1.807, 2.05) is 0 Å². The Morgan fingerprint density at radius 1 is 1.26 bits per heavy atom. The second-order valence-electron chi connectivity index (χ2n) is 7.82. The quantitative estimate of drug-likeness (QED) is 0.888. The first-order chi connectivity index (χ1) is 11.0. The SMILES string of the molecule is Cn1nccc1C(NC(=O)C12CC3CC(CC(C3)C1)C2)C(=O)O. The van der Waals surface area contributed by atoms with Gasteiger partial charge in [0.05, 0.1) is 5.69 Å². The Kier molecular flexibility index (Phi) is 3.25. The molecule has 1 unspecified atom stereocenters. The van der Waals surface area contributed by atoms with Gasteiger partial charge in [0.2, 0.25) is 5.91 Å². The normalized spacial score (nSPS) is 36.0. The van der Waals surface area contributed by atoms with Crippen molar-refractivity contribution in [2.24, 2.45) is 30.2 Å². The highest BCUT2D eigenvalue weighted by Gasteiger charge is 2.55. The summed E-state index contributed by atoms with van der Waals surface area (Å²) in [7, 11) is 1.70. The molecule has 4 saturated carbocycles. The predicted octanol–water partition coefficient (Wildman–Crippen LogP) is 1.88. The molecule has 4 fully saturated rings. The first-order valence-corrected chi connectivity index (χ1v) is 8.48. The van der Waals surface area contributed by atoms with Crippen LogP contribution in [-0.4, -0.2) is 26.8 Å². The van der Waals surface area contributed by atoms with Crippen molar-refractivity contribution in [1.29, 1.82) is 0 Å².